The quantitative estimate of drug-likeness (QED) is 0.749. The predicted molar refractivity (Wildman–Crippen MR) is 69.9 cm³/mol. The van der Waals surface area contributed by atoms with Crippen molar-refractivity contribution < 1.29 is 8.42 Å². The van der Waals surface area contributed by atoms with E-state index in [4.69, 9.17) is 0 Å². The molecular formula is C10H19N3O2S2. The molecule has 0 saturated heterocycles. The summed E-state index contributed by atoms with van der Waals surface area (Å²) in [4.78, 5) is 0. The van der Waals surface area contributed by atoms with Crippen LogP contribution in [-0.4, -0.2) is 38.0 Å². The van der Waals surface area contributed by atoms with E-state index in [1.807, 2.05) is 0 Å². The maximum Gasteiger partial charge on any atom is 0.154 e. The van der Waals surface area contributed by atoms with Crippen molar-refractivity contribution >= 4 is 21.2 Å². The summed E-state index contributed by atoms with van der Waals surface area (Å²) in [6.07, 6.45) is 2.01. The van der Waals surface area contributed by atoms with Crippen LogP contribution in [0.25, 0.3) is 0 Å². The maximum atomic E-state index is 11.1. The molecule has 17 heavy (non-hydrogen) atoms. The van der Waals surface area contributed by atoms with Crippen LogP contribution in [0.1, 0.15) is 23.9 Å². The van der Waals surface area contributed by atoms with Gasteiger partial charge >= 0.3 is 0 Å². The van der Waals surface area contributed by atoms with E-state index in [0.29, 0.717) is 10.9 Å². The maximum absolute atomic E-state index is 11.1. The molecule has 0 aromatic carbocycles. The second-order valence-electron chi connectivity index (χ2n) is 4.51. The molecule has 1 N–H and O–H groups in total. The molecule has 1 heterocycles. The molecule has 1 aromatic heterocycles. The van der Waals surface area contributed by atoms with Crippen LogP contribution in [0.2, 0.25) is 0 Å². The van der Waals surface area contributed by atoms with Gasteiger partial charge in [0.15, 0.2) is 9.84 Å². The molecule has 0 fully saturated rings. The first-order valence-electron chi connectivity index (χ1n) is 5.56. The number of nitrogens with zero attached hydrogens (tertiary/aromatic N) is 2. The van der Waals surface area contributed by atoms with Gasteiger partial charge in [-0.2, -0.15) is 0 Å². The van der Waals surface area contributed by atoms with Crippen LogP contribution in [0.4, 0.5) is 0 Å². The molecule has 0 saturated carbocycles. The summed E-state index contributed by atoms with van der Waals surface area (Å²) >= 11 is 1.38. The van der Waals surface area contributed by atoms with Crippen molar-refractivity contribution in [3.05, 3.63) is 10.0 Å². The molecule has 0 amide bonds. The third-order valence-corrected chi connectivity index (χ3v) is 3.93. The minimum absolute atomic E-state index is 0.00983. The van der Waals surface area contributed by atoms with Gasteiger partial charge in [-0.1, -0.05) is 13.8 Å². The van der Waals surface area contributed by atoms with Crippen molar-refractivity contribution in [3.8, 4) is 0 Å². The molecule has 0 aliphatic rings. The van der Waals surface area contributed by atoms with Crippen molar-refractivity contribution in [1.82, 2.24) is 15.5 Å². The molecule has 0 bridgehead atoms. The minimum Gasteiger partial charge on any atom is -0.316 e. The van der Waals surface area contributed by atoms with Crippen LogP contribution in [0.3, 0.4) is 0 Å². The summed E-state index contributed by atoms with van der Waals surface area (Å²) in [5.41, 5.74) is 0. The molecule has 0 spiro atoms. The monoisotopic (exact) mass is 277 g/mol. The van der Waals surface area contributed by atoms with Gasteiger partial charge in [-0.3, -0.25) is 0 Å². The van der Waals surface area contributed by atoms with Crippen LogP contribution >= 0.6 is 11.3 Å². The van der Waals surface area contributed by atoms with E-state index >= 15 is 0 Å². The first-order chi connectivity index (χ1) is 7.87. The fourth-order valence-corrected chi connectivity index (χ4v) is 3.28. The highest BCUT2D eigenvalue weighted by atomic mass is 32.2. The Morgan fingerprint density at radius 2 is 1.94 bits per heavy atom. The summed E-state index contributed by atoms with van der Waals surface area (Å²) in [7, 11) is -3.01. The van der Waals surface area contributed by atoms with Crippen LogP contribution in [-0.2, 0) is 22.0 Å². The fraction of sp³-hybridized carbons (Fsp3) is 0.800. The Morgan fingerprint density at radius 1 is 1.29 bits per heavy atom. The summed E-state index contributed by atoms with van der Waals surface area (Å²) < 4.78 is 22.1. The van der Waals surface area contributed by atoms with E-state index < -0.39 is 9.84 Å². The highest BCUT2D eigenvalue weighted by Gasteiger charge is 2.10. The van der Waals surface area contributed by atoms with Crippen LogP contribution < -0.4 is 5.32 Å². The van der Waals surface area contributed by atoms with E-state index in [1.54, 1.807) is 0 Å². The Bertz CT molecular complexity index is 440. The minimum atomic E-state index is -3.01. The Kier molecular flexibility index (Phi) is 5.48. The van der Waals surface area contributed by atoms with E-state index in [9.17, 15) is 8.42 Å². The van der Waals surface area contributed by atoms with Gasteiger partial charge in [-0.05, 0) is 12.5 Å². The Morgan fingerprint density at radius 3 is 2.53 bits per heavy atom. The van der Waals surface area contributed by atoms with E-state index in [1.165, 1.54) is 17.6 Å². The zero-order chi connectivity index (χ0) is 12.9. The van der Waals surface area contributed by atoms with Crippen molar-refractivity contribution in [3.63, 3.8) is 0 Å². The second-order valence-corrected chi connectivity index (χ2v) is 7.79. The predicted octanol–water partition coefficient (Wildman–Crippen LogP) is 0.871. The smallest absolute Gasteiger partial charge is 0.154 e. The average Bonchev–Trinajstić information content (AvgIpc) is 2.57. The molecule has 0 aliphatic carbocycles. The van der Waals surface area contributed by atoms with Gasteiger partial charge in [0, 0.05) is 19.2 Å². The average molecular weight is 277 g/mol. The number of hydrogen-bond donors (Lipinski definition) is 1. The van der Waals surface area contributed by atoms with E-state index in [0.717, 1.165) is 24.5 Å². The summed E-state index contributed by atoms with van der Waals surface area (Å²) in [5, 5.41) is 12.6. The van der Waals surface area contributed by atoms with Gasteiger partial charge < -0.3 is 5.32 Å². The Labute approximate surface area is 107 Å². The SMILES string of the molecule is CC(C)CNCCc1nnc(CS(C)(=O)=O)s1. The standard InChI is InChI=1S/C10H19N3O2S2/c1-8(2)6-11-5-4-9-12-13-10(16-9)7-17(3,14)15/h8,11H,4-7H2,1-3H3. The zero-order valence-electron chi connectivity index (χ0n) is 10.4. The van der Waals surface area contributed by atoms with Gasteiger partial charge in [0.2, 0.25) is 0 Å². The third kappa shape index (κ3) is 6.70. The highest BCUT2D eigenvalue weighted by Crippen LogP contribution is 2.12. The topological polar surface area (TPSA) is 72.0 Å². The van der Waals surface area contributed by atoms with Crippen molar-refractivity contribution in [2.75, 3.05) is 19.3 Å². The highest BCUT2D eigenvalue weighted by molar-refractivity contribution is 7.90. The van der Waals surface area contributed by atoms with Gasteiger partial charge in [0.25, 0.3) is 0 Å². The van der Waals surface area contributed by atoms with Gasteiger partial charge in [-0.15, -0.1) is 21.5 Å². The Hall–Kier alpha value is -0.530. The van der Waals surface area contributed by atoms with Gasteiger partial charge in [0.05, 0.1) is 0 Å². The lowest BCUT2D eigenvalue weighted by atomic mass is 10.2. The van der Waals surface area contributed by atoms with Gasteiger partial charge in [-0.25, -0.2) is 8.42 Å². The zero-order valence-corrected chi connectivity index (χ0v) is 12.1. The molecule has 98 valence electrons. The molecule has 1 aromatic rings. The van der Waals surface area contributed by atoms with E-state index in [-0.39, 0.29) is 5.75 Å². The third-order valence-electron chi connectivity index (χ3n) is 1.96. The second kappa shape index (κ2) is 6.42. The molecule has 0 atom stereocenters. The molecule has 0 radical (unpaired) electrons. The number of rotatable bonds is 7. The van der Waals surface area contributed by atoms with Crippen molar-refractivity contribution in [2.45, 2.75) is 26.0 Å². The summed E-state index contributed by atoms with van der Waals surface area (Å²) in [5.74, 6) is 0.620. The van der Waals surface area contributed by atoms with Crippen LogP contribution in [0.15, 0.2) is 0 Å². The lowest BCUT2D eigenvalue weighted by molar-refractivity contribution is 0.553. The van der Waals surface area contributed by atoms with Crippen molar-refractivity contribution in [2.24, 2.45) is 5.92 Å². The number of sulfone groups is 1. The first-order valence-corrected chi connectivity index (χ1v) is 8.44. The largest absolute Gasteiger partial charge is 0.316 e. The Balaban J connectivity index is 2.36. The van der Waals surface area contributed by atoms with Crippen molar-refractivity contribution in [1.29, 1.82) is 0 Å². The molecule has 0 unspecified atom stereocenters. The summed E-state index contributed by atoms with van der Waals surface area (Å²) in [6.45, 7) is 6.14. The molecule has 1 rings (SSSR count). The molecule has 0 aliphatic heterocycles. The lowest BCUT2D eigenvalue weighted by Crippen LogP contribution is -2.22. The number of hydrogen-bond acceptors (Lipinski definition) is 6. The summed E-state index contributed by atoms with van der Waals surface area (Å²) in [6, 6.07) is 0. The molecular weight excluding hydrogens is 258 g/mol. The molecule has 5 nitrogen and oxygen atoms in total. The van der Waals surface area contributed by atoms with Gasteiger partial charge in [0.1, 0.15) is 15.8 Å². The lowest BCUT2D eigenvalue weighted by Gasteiger charge is -2.05. The first kappa shape index (κ1) is 14.5. The normalized spacial score (nSPS) is 12.2. The van der Waals surface area contributed by atoms with E-state index in [2.05, 4.69) is 29.4 Å². The van der Waals surface area contributed by atoms with Crippen LogP contribution in [0.5, 0.6) is 0 Å². The fourth-order valence-electron chi connectivity index (χ4n) is 1.26. The number of nitrogens with one attached hydrogen (secondary N) is 1. The number of aromatic nitrogens is 2. The van der Waals surface area contributed by atoms with Crippen LogP contribution in [0, 0.1) is 5.92 Å². The molecule has 7 heteroatoms.